The Morgan fingerprint density at radius 2 is 2.06 bits per heavy atom. The molecule has 0 saturated heterocycles. The standard InChI is InChI=1S/C14H19N3S/c1-8-7-12(13-10(3)18-14(15)16-13)9(2)17(8)11-5-4-6-11/h7,11H,4-6H2,1-3H3,(H2,15,16). The maximum absolute atomic E-state index is 5.81. The van der Waals surface area contributed by atoms with Crippen molar-refractivity contribution in [1.82, 2.24) is 9.55 Å². The van der Waals surface area contributed by atoms with E-state index in [4.69, 9.17) is 5.73 Å². The molecule has 0 spiro atoms. The van der Waals surface area contributed by atoms with Crippen molar-refractivity contribution in [3.05, 3.63) is 22.3 Å². The first-order valence-corrected chi connectivity index (χ1v) is 7.31. The fraction of sp³-hybridized carbons (Fsp3) is 0.500. The van der Waals surface area contributed by atoms with Crippen molar-refractivity contribution >= 4 is 16.5 Å². The molecule has 1 aliphatic rings. The zero-order valence-corrected chi connectivity index (χ0v) is 12.0. The lowest BCUT2D eigenvalue weighted by molar-refractivity contribution is 0.306. The monoisotopic (exact) mass is 261 g/mol. The van der Waals surface area contributed by atoms with Gasteiger partial charge in [-0.15, -0.1) is 11.3 Å². The highest BCUT2D eigenvalue weighted by Crippen LogP contribution is 2.39. The van der Waals surface area contributed by atoms with Crippen molar-refractivity contribution in [2.75, 3.05) is 5.73 Å². The fourth-order valence-electron chi connectivity index (χ4n) is 2.89. The highest BCUT2D eigenvalue weighted by Gasteiger charge is 2.24. The topological polar surface area (TPSA) is 43.8 Å². The molecule has 4 heteroatoms. The second kappa shape index (κ2) is 4.12. The van der Waals surface area contributed by atoms with E-state index in [2.05, 4.69) is 36.4 Å². The molecule has 0 bridgehead atoms. The quantitative estimate of drug-likeness (QED) is 0.892. The molecule has 0 aliphatic heterocycles. The highest BCUT2D eigenvalue weighted by atomic mass is 32.1. The van der Waals surface area contributed by atoms with Crippen LogP contribution < -0.4 is 5.73 Å². The average molecular weight is 261 g/mol. The largest absolute Gasteiger partial charge is 0.375 e. The summed E-state index contributed by atoms with van der Waals surface area (Å²) in [5, 5.41) is 0.663. The van der Waals surface area contributed by atoms with Crippen LogP contribution in [0.2, 0.25) is 0 Å². The first kappa shape index (κ1) is 11.8. The lowest BCUT2D eigenvalue weighted by Gasteiger charge is -2.30. The van der Waals surface area contributed by atoms with Gasteiger partial charge in [-0.2, -0.15) is 0 Å². The molecule has 0 unspecified atom stereocenters. The lowest BCUT2D eigenvalue weighted by Crippen LogP contribution is -2.19. The lowest BCUT2D eigenvalue weighted by atomic mass is 9.92. The number of nitrogens with two attached hydrogens (primary N) is 1. The fourth-order valence-corrected chi connectivity index (χ4v) is 3.59. The van der Waals surface area contributed by atoms with E-state index in [1.807, 2.05) is 0 Å². The van der Waals surface area contributed by atoms with Crippen molar-refractivity contribution in [3.8, 4) is 11.3 Å². The third-order valence-electron chi connectivity index (χ3n) is 3.99. The molecule has 18 heavy (non-hydrogen) atoms. The number of hydrogen-bond acceptors (Lipinski definition) is 3. The number of thiazole rings is 1. The molecule has 0 amide bonds. The van der Waals surface area contributed by atoms with E-state index in [0.29, 0.717) is 11.2 Å². The average Bonchev–Trinajstić information content (AvgIpc) is 2.70. The van der Waals surface area contributed by atoms with E-state index in [9.17, 15) is 0 Å². The molecular weight excluding hydrogens is 242 g/mol. The van der Waals surface area contributed by atoms with Gasteiger partial charge in [0, 0.05) is 27.9 Å². The van der Waals surface area contributed by atoms with Crippen LogP contribution in [0.4, 0.5) is 5.13 Å². The van der Waals surface area contributed by atoms with Crippen LogP contribution in [0.5, 0.6) is 0 Å². The number of aryl methyl sites for hydroxylation is 2. The number of hydrogen-bond donors (Lipinski definition) is 1. The van der Waals surface area contributed by atoms with Gasteiger partial charge in [0.1, 0.15) is 0 Å². The summed E-state index contributed by atoms with van der Waals surface area (Å²) in [6.45, 7) is 6.49. The Hall–Kier alpha value is -1.29. The second-order valence-corrected chi connectivity index (χ2v) is 6.43. The Morgan fingerprint density at radius 3 is 2.56 bits per heavy atom. The predicted molar refractivity (Wildman–Crippen MR) is 77.1 cm³/mol. The first-order chi connectivity index (χ1) is 8.58. The molecule has 1 fully saturated rings. The van der Waals surface area contributed by atoms with Crippen LogP contribution in [0.15, 0.2) is 6.07 Å². The van der Waals surface area contributed by atoms with Gasteiger partial charge in [0.15, 0.2) is 5.13 Å². The zero-order chi connectivity index (χ0) is 12.9. The van der Waals surface area contributed by atoms with E-state index in [1.165, 1.54) is 41.1 Å². The van der Waals surface area contributed by atoms with Gasteiger partial charge in [0.25, 0.3) is 0 Å². The maximum Gasteiger partial charge on any atom is 0.180 e. The van der Waals surface area contributed by atoms with Gasteiger partial charge in [-0.05, 0) is 46.1 Å². The Bertz CT molecular complexity index is 590. The summed E-state index contributed by atoms with van der Waals surface area (Å²) < 4.78 is 2.48. The minimum atomic E-state index is 0.663. The normalized spacial score (nSPS) is 15.9. The van der Waals surface area contributed by atoms with E-state index >= 15 is 0 Å². The molecule has 0 radical (unpaired) electrons. The van der Waals surface area contributed by atoms with E-state index < -0.39 is 0 Å². The van der Waals surface area contributed by atoms with Crippen LogP contribution in [-0.4, -0.2) is 9.55 Å². The molecule has 96 valence electrons. The maximum atomic E-state index is 5.81. The minimum absolute atomic E-state index is 0.663. The van der Waals surface area contributed by atoms with E-state index in [0.717, 1.165) is 5.69 Å². The molecule has 0 atom stereocenters. The smallest absolute Gasteiger partial charge is 0.180 e. The van der Waals surface area contributed by atoms with Crippen molar-refractivity contribution in [2.45, 2.75) is 46.1 Å². The zero-order valence-electron chi connectivity index (χ0n) is 11.2. The van der Waals surface area contributed by atoms with Crippen molar-refractivity contribution in [2.24, 2.45) is 0 Å². The molecule has 2 N–H and O–H groups in total. The summed E-state index contributed by atoms with van der Waals surface area (Å²) in [5.74, 6) is 0. The number of aromatic nitrogens is 2. The van der Waals surface area contributed by atoms with Crippen molar-refractivity contribution in [1.29, 1.82) is 0 Å². The van der Waals surface area contributed by atoms with Crippen LogP contribution in [0, 0.1) is 20.8 Å². The summed E-state index contributed by atoms with van der Waals surface area (Å²) in [7, 11) is 0. The van der Waals surface area contributed by atoms with Gasteiger partial charge < -0.3 is 10.3 Å². The molecule has 3 nitrogen and oxygen atoms in total. The number of rotatable bonds is 2. The highest BCUT2D eigenvalue weighted by molar-refractivity contribution is 7.15. The van der Waals surface area contributed by atoms with Crippen molar-refractivity contribution in [3.63, 3.8) is 0 Å². The van der Waals surface area contributed by atoms with Crippen LogP contribution >= 0.6 is 11.3 Å². The van der Waals surface area contributed by atoms with Crippen LogP contribution in [-0.2, 0) is 0 Å². The molecule has 1 saturated carbocycles. The Morgan fingerprint density at radius 1 is 1.33 bits per heavy atom. The van der Waals surface area contributed by atoms with Crippen LogP contribution in [0.3, 0.4) is 0 Å². The van der Waals surface area contributed by atoms with E-state index in [-0.39, 0.29) is 0 Å². The van der Waals surface area contributed by atoms with Crippen LogP contribution in [0.1, 0.15) is 41.6 Å². The molecule has 0 aromatic carbocycles. The molecular formula is C14H19N3S. The minimum Gasteiger partial charge on any atom is -0.375 e. The first-order valence-electron chi connectivity index (χ1n) is 6.49. The Balaban J connectivity index is 2.10. The van der Waals surface area contributed by atoms with Gasteiger partial charge in [-0.3, -0.25) is 0 Å². The molecule has 2 aromatic heterocycles. The van der Waals surface area contributed by atoms with Gasteiger partial charge in [0.05, 0.1) is 5.69 Å². The second-order valence-electron chi connectivity index (χ2n) is 5.20. The third kappa shape index (κ3) is 1.67. The predicted octanol–water partition coefficient (Wildman–Crippen LogP) is 3.84. The van der Waals surface area contributed by atoms with Gasteiger partial charge in [0.2, 0.25) is 0 Å². The summed E-state index contributed by atoms with van der Waals surface area (Å²) in [6.07, 6.45) is 3.99. The Kier molecular flexibility index (Phi) is 2.70. The number of nitrogen functional groups attached to an aromatic ring is 1. The molecule has 1 aliphatic carbocycles. The van der Waals surface area contributed by atoms with Crippen molar-refractivity contribution < 1.29 is 0 Å². The summed E-state index contributed by atoms with van der Waals surface area (Å²) in [5.41, 5.74) is 10.8. The van der Waals surface area contributed by atoms with E-state index in [1.54, 1.807) is 11.3 Å². The SMILES string of the molecule is Cc1sc(N)nc1-c1cc(C)n(C2CCC2)c1C. The molecule has 2 heterocycles. The third-order valence-corrected chi connectivity index (χ3v) is 4.79. The molecule has 3 rings (SSSR count). The Labute approximate surface area is 112 Å². The number of nitrogens with zero attached hydrogens (tertiary/aromatic N) is 2. The van der Waals surface area contributed by atoms with Gasteiger partial charge >= 0.3 is 0 Å². The molecule has 2 aromatic rings. The van der Waals surface area contributed by atoms with Gasteiger partial charge in [-0.1, -0.05) is 0 Å². The summed E-state index contributed by atoms with van der Waals surface area (Å²) in [6, 6.07) is 2.96. The van der Waals surface area contributed by atoms with Crippen LogP contribution in [0.25, 0.3) is 11.3 Å². The summed E-state index contributed by atoms with van der Waals surface area (Å²) in [4.78, 5) is 5.69. The number of anilines is 1. The summed E-state index contributed by atoms with van der Waals surface area (Å²) >= 11 is 1.57. The van der Waals surface area contributed by atoms with Gasteiger partial charge in [-0.25, -0.2) is 4.98 Å².